The normalized spacial score (nSPS) is 23.4. The van der Waals surface area contributed by atoms with Crippen molar-refractivity contribution in [3.8, 4) is 0 Å². The molecule has 0 bridgehead atoms. The predicted molar refractivity (Wildman–Crippen MR) is 109 cm³/mol. The van der Waals surface area contributed by atoms with E-state index in [-0.39, 0.29) is 10.8 Å². The molecule has 0 unspecified atom stereocenters. The SMILES string of the molecule is CC1=C(C)C(C)(C)[C]([Zr]([C]2=C(C)C(C)=C(C)C2(C)C)[SiH](C)C)=C1C. The van der Waals surface area contributed by atoms with E-state index in [9.17, 15) is 0 Å². The summed E-state index contributed by atoms with van der Waals surface area (Å²) < 4.78 is 3.85. The molecule has 0 saturated heterocycles. The average molecular weight is 421 g/mol. The molecule has 0 saturated carbocycles. The second-order valence-electron chi connectivity index (χ2n) is 9.32. The summed E-state index contributed by atoms with van der Waals surface area (Å²) in [7, 11) is 0. The van der Waals surface area contributed by atoms with Gasteiger partial charge >= 0.3 is 160 Å². The third-order valence-electron chi connectivity index (χ3n) is 7.24. The van der Waals surface area contributed by atoms with Gasteiger partial charge in [0.2, 0.25) is 0 Å². The Morgan fingerprint density at radius 3 is 1.04 bits per heavy atom. The maximum absolute atomic E-state index is 2.63. The molecule has 24 heavy (non-hydrogen) atoms. The third kappa shape index (κ3) is 2.71. The van der Waals surface area contributed by atoms with Gasteiger partial charge < -0.3 is 0 Å². The molecule has 0 aromatic heterocycles. The molecule has 0 spiro atoms. The summed E-state index contributed by atoms with van der Waals surface area (Å²) >= 11 is -1.86. The van der Waals surface area contributed by atoms with Crippen molar-refractivity contribution < 1.29 is 20.9 Å². The van der Waals surface area contributed by atoms with Crippen LogP contribution >= 0.6 is 0 Å². The van der Waals surface area contributed by atoms with E-state index in [2.05, 4.69) is 82.3 Å². The summed E-state index contributed by atoms with van der Waals surface area (Å²) in [6.07, 6.45) is 0. The topological polar surface area (TPSA) is 0 Å². The Morgan fingerprint density at radius 2 is 0.875 bits per heavy atom. The molecule has 0 N–H and O–H groups in total. The van der Waals surface area contributed by atoms with E-state index >= 15 is 0 Å². The summed E-state index contributed by atoms with van der Waals surface area (Å²) in [4.78, 5) is 0. The molecule has 0 fully saturated rings. The van der Waals surface area contributed by atoms with Gasteiger partial charge in [0, 0.05) is 0 Å². The van der Waals surface area contributed by atoms with E-state index in [0.29, 0.717) is 0 Å². The third-order valence-corrected chi connectivity index (χ3v) is 27.9. The first-order valence-corrected chi connectivity index (χ1v) is 19.0. The number of allylic oxidation sites excluding steroid dienone is 8. The van der Waals surface area contributed by atoms with Crippen molar-refractivity contribution in [1.82, 2.24) is 0 Å². The Balaban J connectivity index is 2.72. The quantitative estimate of drug-likeness (QED) is 0.436. The molecule has 0 aromatic carbocycles. The van der Waals surface area contributed by atoms with Crippen molar-refractivity contribution in [2.75, 3.05) is 0 Å². The summed E-state index contributed by atoms with van der Waals surface area (Å²) in [5.74, 6) is -0.715. The Morgan fingerprint density at radius 1 is 0.583 bits per heavy atom. The Kier molecular flexibility index (Phi) is 5.38. The van der Waals surface area contributed by atoms with Crippen LogP contribution in [-0.2, 0) is 20.9 Å². The number of hydrogen-bond donors (Lipinski definition) is 0. The van der Waals surface area contributed by atoms with Crippen molar-refractivity contribution in [2.24, 2.45) is 10.8 Å². The molecule has 0 aromatic rings. The minimum absolute atomic E-state index is 0.286. The van der Waals surface area contributed by atoms with Crippen LogP contribution in [0.1, 0.15) is 69.2 Å². The molecule has 133 valence electrons. The molecule has 0 amide bonds. The van der Waals surface area contributed by atoms with Gasteiger partial charge in [-0.1, -0.05) is 0 Å². The molecule has 0 atom stereocenters. The Labute approximate surface area is 159 Å². The van der Waals surface area contributed by atoms with Gasteiger partial charge in [-0.15, -0.1) is 0 Å². The molecule has 2 rings (SSSR count). The maximum atomic E-state index is 2.63. The summed E-state index contributed by atoms with van der Waals surface area (Å²) in [5, 5.41) is 0. The molecular formula is C22H37SiZr. The average Bonchev–Trinajstić information content (AvgIpc) is 2.71. The first kappa shape index (κ1) is 20.4. The van der Waals surface area contributed by atoms with E-state index in [0.717, 1.165) is 0 Å². The van der Waals surface area contributed by atoms with Gasteiger partial charge in [-0.25, -0.2) is 0 Å². The van der Waals surface area contributed by atoms with Crippen LogP contribution in [0.2, 0.25) is 13.1 Å². The van der Waals surface area contributed by atoms with Gasteiger partial charge in [0.1, 0.15) is 0 Å². The van der Waals surface area contributed by atoms with E-state index in [1.165, 1.54) is 0 Å². The van der Waals surface area contributed by atoms with Crippen molar-refractivity contribution in [1.29, 1.82) is 0 Å². The van der Waals surface area contributed by atoms with Crippen LogP contribution in [0.4, 0.5) is 0 Å². The van der Waals surface area contributed by atoms with Crippen LogP contribution in [0.5, 0.6) is 0 Å². The van der Waals surface area contributed by atoms with Crippen LogP contribution < -0.4 is 0 Å². The van der Waals surface area contributed by atoms with E-state index in [1.54, 1.807) is 33.4 Å². The molecule has 0 nitrogen and oxygen atoms in total. The van der Waals surface area contributed by atoms with Crippen LogP contribution in [0.15, 0.2) is 40.0 Å². The van der Waals surface area contributed by atoms with Crippen LogP contribution in [0, 0.1) is 10.8 Å². The molecule has 2 aliphatic carbocycles. The van der Waals surface area contributed by atoms with Gasteiger partial charge in [-0.3, -0.25) is 0 Å². The molecule has 0 heterocycles. The standard InChI is InChI=1S/2C10H15.C2H7Si.Zr/c2*1-7-6-10(4,5)9(3)8(7)2;1-3-2;/h2*1-5H3;3H,1-2H3;. The monoisotopic (exact) mass is 419 g/mol. The van der Waals surface area contributed by atoms with Gasteiger partial charge in [0.15, 0.2) is 0 Å². The second kappa shape index (κ2) is 6.34. The molecule has 2 heteroatoms. The molecule has 2 aliphatic rings. The fourth-order valence-electron chi connectivity index (χ4n) is 4.97. The van der Waals surface area contributed by atoms with E-state index < -0.39 is 26.8 Å². The van der Waals surface area contributed by atoms with Gasteiger partial charge in [0.05, 0.1) is 0 Å². The molecule has 0 aliphatic heterocycles. The minimum atomic E-state index is -1.86. The zero-order valence-corrected chi connectivity index (χ0v) is 21.7. The summed E-state index contributed by atoms with van der Waals surface area (Å²) in [6, 6.07) is 0. The zero-order valence-electron chi connectivity index (χ0n) is 18.1. The first-order valence-electron chi connectivity index (χ1n) is 9.44. The van der Waals surface area contributed by atoms with Crippen molar-refractivity contribution >= 4 is 5.92 Å². The molecule has 0 radical (unpaired) electrons. The Hall–Kier alpha value is 0.0600. The van der Waals surface area contributed by atoms with Gasteiger partial charge in [0.25, 0.3) is 0 Å². The predicted octanol–water partition coefficient (Wildman–Crippen LogP) is 6.89. The Bertz CT molecular complexity index is 650. The van der Waals surface area contributed by atoms with Gasteiger partial charge in [-0.2, -0.15) is 0 Å². The fourth-order valence-corrected chi connectivity index (χ4v) is 29.2. The molecular weight excluding hydrogens is 384 g/mol. The first-order chi connectivity index (χ1) is 10.8. The van der Waals surface area contributed by atoms with Crippen molar-refractivity contribution in [2.45, 2.75) is 82.3 Å². The zero-order chi connectivity index (χ0) is 18.8. The van der Waals surface area contributed by atoms with Gasteiger partial charge in [-0.05, 0) is 0 Å². The van der Waals surface area contributed by atoms with Crippen LogP contribution in [0.3, 0.4) is 0 Å². The van der Waals surface area contributed by atoms with Crippen LogP contribution in [0.25, 0.3) is 0 Å². The van der Waals surface area contributed by atoms with Crippen molar-refractivity contribution in [3.63, 3.8) is 0 Å². The number of hydrogen-bond acceptors (Lipinski definition) is 0. The van der Waals surface area contributed by atoms with E-state index in [4.69, 9.17) is 0 Å². The van der Waals surface area contributed by atoms with Crippen LogP contribution in [-0.4, -0.2) is 5.92 Å². The van der Waals surface area contributed by atoms with E-state index in [1.807, 2.05) is 6.56 Å². The summed E-state index contributed by atoms with van der Waals surface area (Å²) in [5.41, 5.74) is 10.3. The van der Waals surface area contributed by atoms with Crippen molar-refractivity contribution in [3.05, 3.63) is 40.0 Å². The second-order valence-corrected chi connectivity index (χ2v) is 28.1. The fraction of sp³-hybridized carbons (Fsp3) is 0.636. The summed E-state index contributed by atoms with van der Waals surface area (Å²) in [6.45, 7) is 29.6. The number of rotatable bonds is 3.